The predicted molar refractivity (Wildman–Crippen MR) is 74.1 cm³/mol. The van der Waals surface area contributed by atoms with Gasteiger partial charge in [-0.25, -0.2) is 9.97 Å². The maximum Gasteiger partial charge on any atom is 0.241 e. The number of carbonyl (C=O) groups excluding carboxylic acids is 1. The van der Waals surface area contributed by atoms with Crippen LogP contribution in [0.5, 0.6) is 0 Å². The number of aromatic nitrogens is 2. The van der Waals surface area contributed by atoms with Crippen molar-refractivity contribution in [3.63, 3.8) is 0 Å². The van der Waals surface area contributed by atoms with Crippen molar-refractivity contribution in [3.8, 4) is 0 Å². The van der Waals surface area contributed by atoms with Gasteiger partial charge in [-0.15, -0.1) is 0 Å². The summed E-state index contributed by atoms with van der Waals surface area (Å²) in [5.41, 5.74) is 0.944. The van der Waals surface area contributed by atoms with E-state index in [-0.39, 0.29) is 11.9 Å². The fraction of sp³-hybridized carbons (Fsp3) is 0.615. The third-order valence-electron chi connectivity index (χ3n) is 3.49. The lowest BCUT2D eigenvalue weighted by atomic mass is 10.1. The van der Waals surface area contributed by atoms with E-state index in [0.717, 1.165) is 24.6 Å². The summed E-state index contributed by atoms with van der Waals surface area (Å²) in [7, 11) is 5.59. The number of aryl methyl sites for hydroxylation is 1. The van der Waals surface area contributed by atoms with E-state index in [4.69, 9.17) is 0 Å². The first-order chi connectivity index (χ1) is 8.99. The minimum absolute atomic E-state index is 0.112. The van der Waals surface area contributed by atoms with Crippen LogP contribution in [0.3, 0.4) is 0 Å². The van der Waals surface area contributed by atoms with Crippen LogP contribution in [0.15, 0.2) is 12.4 Å². The summed E-state index contributed by atoms with van der Waals surface area (Å²) in [6.45, 7) is 4.35. The summed E-state index contributed by atoms with van der Waals surface area (Å²) in [4.78, 5) is 26.5. The molecular formula is C13H21N5O. The highest BCUT2D eigenvalue weighted by molar-refractivity contribution is 5.82. The van der Waals surface area contributed by atoms with E-state index in [1.807, 2.05) is 20.0 Å². The van der Waals surface area contributed by atoms with Gasteiger partial charge in [-0.3, -0.25) is 9.69 Å². The van der Waals surface area contributed by atoms with Gasteiger partial charge in [0.1, 0.15) is 18.2 Å². The number of likely N-dealkylation sites (N-methyl/N-ethyl adjacent to an activating group) is 2. The Labute approximate surface area is 114 Å². The lowest BCUT2D eigenvalue weighted by Crippen LogP contribution is -2.57. The monoisotopic (exact) mass is 263 g/mol. The summed E-state index contributed by atoms with van der Waals surface area (Å²) in [5, 5.41) is 0. The number of hydrogen-bond donors (Lipinski definition) is 0. The van der Waals surface area contributed by atoms with Crippen LogP contribution in [0, 0.1) is 6.92 Å². The van der Waals surface area contributed by atoms with Crippen molar-refractivity contribution in [1.29, 1.82) is 0 Å². The molecule has 0 N–H and O–H groups in total. The van der Waals surface area contributed by atoms with Gasteiger partial charge in [0.2, 0.25) is 5.91 Å². The molecule has 1 aliphatic heterocycles. The Morgan fingerprint density at radius 2 is 2.11 bits per heavy atom. The van der Waals surface area contributed by atoms with Crippen LogP contribution in [0.25, 0.3) is 0 Å². The van der Waals surface area contributed by atoms with Gasteiger partial charge >= 0.3 is 0 Å². The first-order valence-electron chi connectivity index (χ1n) is 6.44. The predicted octanol–water partition coefficient (Wildman–Crippen LogP) is -0.00638. The maximum absolute atomic E-state index is 12.2. The molecule has 2 rings (SSSR count). The Morgan fingerprint density at radius 1 is 1.37 bits per heavy atom. The number of anilines is 1. The van der Waals surface area contributed by atoms with E-state index < -0.39 is 0 Å². The number of nitrogens with zero attached hydrogens (tertiary/aromatic N) is 5. The van der Waals surface area contributed by atoms with Crippen LogP contribution in [-0.4, -0.2) is 72.5 Å². The van der Waals surface area contributed by atoms with Crippen LogP contribution in [0.4, 0.5) is 5.82 Å². The normalized spacial score (nSPS) is 20.4. The van der Waals surface area contributed by atoms with E-state index in [2.05, 4.69) is 19.8 Å². The number of rotatable bonds is 2. The molecule has 1 amide bonds. The van der Waals surface area contributed by atoms with Crippen LogP contribution >= 0.6 is 0 Å². The van der Waals surface area contributed by atoms with Gasteiger partial charge in [-0.1, -0.05) is 0 Å². The zero-order valence-corrected chi connectivity index (χ0v) is 12.0. The molecule has 1 unspecified atom stereocenters. The van der Waals surface area contributed by atoms with Gasteiger partial charge in [0.25, 0.3) is 0 Å². The van der Waals surface area contributed by atoms with Crippen LogP contribution in [0.1, 0.15) is 5.69 Å². The Kier molecular flexibility index (Phi) is 3.99. The Hall–Kier alpha value is -1.69. The van der Waals surface area contributed by atoms with E-state index in [1.54, 1.807) is 25.3 Å². The van der Waals surface area contributed by atoms with Gasteiger partial charge in [-0.05, 0) is 14.0 Å². The molecular weight excluding hydrogens is 242 g/mol. The van der Waals surface area contributed by atoms with Crippen molar-refractivity contribution in [1.82, 2.24) is 19.8 Å². The zero-order chi connectivity index (χ0) is 14.0. The summed E-state index contributed by atoms with van der Waals surface area (Å²) in [5.74, 6) is 1.04. The lowest BCUT2D eigenvalue weighted by molar-refractivity contribution is -0.134. The van der Waals surface area contributed by atoms with E-state index in [9.17, 15) is 4.79 Å². The molecule has 104 valence electrons. The number of piperazine rings is 1. The molecule has 19 heavy (non-hydrogen) atoms. The van der Waals surface area contributed by atoms with Gasteiger partial charge < -0.3 is 9.80 Å². The van der Waals surface area contributed by atoms with E-state index >= 15 is 0 Å². The fourth-order valence-electron chi connectivity index (χ4n) is 2.26. The molecule has 1 fully saturated rings. The molecule has 1 aliphatic rings. The molecule has 0 bridgehead atoms. The first-order valence-corrected chi connectivity index (χ1v) is 6.44. The zero-order valence-electron chi connectivity index (χ0n) is 12.0. The van der Waals surface area contributed by atoms with E-state index in [1.165, 1.54) is 0 Å². The van der Waals surface area contributed by atoms with Crippen molar-refractivity contribution in [2.24, 2.45) is 0 Å². The van der Waals surface area contributed by atoms with Crippen LogP contribution < -0.4 is 4.90 Å². The number of hydrogen-bond acceptors (Lipinski definition) is 5. The molecule has 6 nitrogen and oxygen atoms in total. The van der Waals surface area contributed by atoms with Gasteiger partial charge in [0.15, 0.2) is 0 Å². The molecule has 6 heteroatoms. The minimum atomic E-state index is -0.112. The van der Waals surface area contributed by atoms with Crippen LogP contribution in [0.2, 0.25) is 0 Å². The smallest absolute Gasteiger partial charge is 0.241 e. The van der Waals surface area contributed by atoms with Crippen LogP contribution in [-0.2, 0) is 4.79 Å². The van der Waals surface area contributed by atoms with Crippen molar-refractivity contribution >= 4 is 11.7 Å². The highest BCUT2D eigenvalue weighted by Gasteiger charge is 2.31. The molecule has 1 saturated heterocycles. The van der Waals surface area contributed by atoms with Gasteiger partial charge in [-0.2, -0.15) is 0 Å². The third kappa shape index (κ3) is 3.01. The fourth-order valence-corrected chi connectivity index (χ4v) is 2.26. The Balaban J connectivity index is 2.15. The largest absolute Gasteiger partial charge is 0.353 e. The summed E-state index contributed by atoms with van der Waals surface area (Å²) < 4.78 is 0. The van der Waals surface area contributed by atoms with E-state index in [0.29, 0.717) is 6.54 Å². The maximum atomic E-state index is 12.2. The quantitative estimate of drug-likeness (QED) is 0.751. The van der Waals surface area contributed by atoms with Crippen molar-refractivity contribution in [2.45, 2.75) is 13.0 Å². The number of carbonyl (C=O) groups is 1. The van der Waals surface area contributed by atoms with Gasteiger partial charge in [0, 0.05) is 45.5 Å². The average Bonchev–Trinajstić information content (AvgIpc) is 2.38. The second-order valence-electron chi connectivity index (χ2n) is 5.19. The topological polar surface area (TPSA) is 52.6 Å². The Morgan fingerprint density at radius 3 is 2.74 bits per heavy atom. The van der Waals surface area contributed by atoms with Crippen molar-refractivity contribution in [2.75, 3.05) is 45.7 Å². The molecule has 0 spiro atoms. The second kappa shape index (κ2) is 5.52. The SMILES string of the molecule is Cc1cc(N2CCN(C)C(C(=O)N(C)C)C2)ncn1. The molecule has 0 aromatic carbocycles. The highest BCUT2D eigenvalue weighted by atomic mass is 16.2. The second-order valence-corrected chi connectivity index (χ2v) is 5.19. The summed E-state index contributed by atoms with van der Waals surface area (Å²) >= 11 is 0. The average molecular weight is 263 g/mol. The summed E-state index contributed by atoms with van der Waals surface area (Å²) in [6, 6.07) is 1.85. The molecule has 2 heterocycles. The van der Waals surface area contributed by atoms with Crippen molar-refractivity contribution in [3.05, 3.63) is 18.1 Å². The standard InChI is InChI=1S/C13H21N5O/c1-10-7-12(15-9-14-10)18-6-5-17(4)11(8-18)13(19)16(2)3/h7,9,11H,5-6,8H2,1-4H3. The van der Waals surface area contributed by atoms with Gasteiger partial charge in [0.05, 0.1) is 0 Å². The first kappa shape index (κ1) is 13.7. The highest BCUT2D eigenvalue weighted by Crippen LogP contribution is 2.17. The molecule has 0 radical (unpaired) electrons. The number of amides is 1. The summed E-state index contributed by atoms with van der Waals surface area (Å²) in [6.07, 6.45) is 1.58. The minimum Gasteiger partial charge on any atom is -0.353 e. The molecule has 1 aromatic rings. The van der Waals surface area contributed by atoms with Crippen molar-refractivity contribution < 1.29 is 4.79 Å². The lowest BCUT2D eigenvalue weighted by Gasteiger charge is -2.40. The molecule has 0 aliphatic carbocycles. The third-order valence-corrected chi connectivity index (χ3v) is 3.49. The molecule has 1 aromatic heterocycles. The molecule has 1 atom stereocenters. The molecule has 0 saturated carbocycles. The Bertz CT molecular complexity index is 462.